The molecule has 6 nitrogen and oxygen atoms in total. The molecule has 1 atom stereocenters. The molecule has 0 bridgehead atoms. The fraction of sp³-hybridized carbons (Fsp3) is 0.286. The van der Waals surface area contributed by atoms with Gasteiger partial charge in [-0.25, -0.2) is 4.79 Å². The van der Waals surface area contributed by atoms with Crippen LogP contribution in [0.25, 0.3) is 6.08 Å². The van der Waals surface area contributed by atoms with Crippen LogP contribution in [0, 0.1) is 5.92 Å². The second-order valence-electron chi connectivity index (χ2n) is 6.22. The average Bonchev–Trinajstić information content (AvgIpc) is 3.02. The van der Waals surface area contributed by atoms with Gasteiger partial charge >= 0.3 is 5.97 Å². The second kappa shape index (κ2) is 8.03. The largest absolute Gasteiger partial charge is 0.504 e. The monoisotopic (exact) mass is 370 g/mol. The molecule has 142 valence electrons. The van der Waals surface area contributed by atoms with Gasteiger partial charge in [-0.2, -0.15) is 0 Å². The summed E-state index contributed by atoms with van der Waals surface area (Å²) in [5, 5.41) is 9.73. The topological polar surface area (TPSA) is 74.2 Å². The third-order valence-corrected chi connectivity index (χ3v) is 4.55. The molecule has 6 heteroatoms. The molecule has 0 aliphatic carbocycles. The Morgan fingerprint density at radius 3 is 2.48 bits per heavy atom. The minimum Gasteiger partial charge on any atom is -0.504 e. The quantitative estimate of drug-likeness (QED) is 0.622. The Hall–Kier alpha value is -3.15. The molecule has 1 aliphatic rings. The normalized spacial score (nSPS) is 17.7. The lowest BCUT2D eigenvalue weighted by Crippen LogP contribution is -2.08. The highest BCUT2D eigenvalue weighted by Crippen LogP contribution is 2.33. The maximum Gasteiger partial charge on any atom is 0.334 e. The van der Waals surface area contributed by atoms with E-state index in [1.54, 1.807) is 32.4 Å². The second-order valence-corrected chi connectivity index (χ2v) is 6.22. The summed E-state index contributed by atoms with van der Waals surface area (Å²) in [6.07, 6.45) is 2.41. The SMILES string of the molecule is COc1cc(C=C2C(=O)OCC2Cc2ccc(OC)c(OC)c2)ccc1O. The van der Waals surface area contributed by atoms with Crippen LogP contribution in [0.5, 0.6) is 23.0 Å². The lowest BCUT2D eigenvalue weighted by molar-refractivity contribution is -0.135. The summed E-state index contributed by atoms with van der Waals surface area (Å²) in [5.41, 5.74) is 2.37. The van der Waals surface area contributed by atoms with Gasteiger partial charge in [-0.05, 0) is 47.9 Å². The number of carbonyl (C=O) groups is 1. The molecular weight excluding hydrogens is 348 g/mol. The summed E-state index contributed by atoms with van der Waals surface area (Å²) in [4.78, 5) is 12.2. The van der Waals surface area contributed by atoms with Gasteiger partial charge in [0.05, 0.1) is 27.9 Å². The van der Waals surface area contributed by atoms with E-state index in [-0.39, 0.29) is 17.6 Å². The summed E-state index contributed by atoms with van der Waals surface area (Å²) >= 11 is 0. The minimum absolute atomic E-state index is 0.0514. The van der Waals surface area contributed by atoms with Crippen molar-refractivity contribution in [1.82, 2.24) is 0 Å². The van der Waals surface area contributed by atoms with Crippen molar-refractivity contribution in [2.75, 3.05) is 27.9 Å². The molecule has 3 rings (SSSR count). The Labute approximate surface area is 157 Å². The maximum absolute atomic E-state index is 12.2. The predicted molar refractivity (Wildman–Crippen MR) is 100 cm³/mol. The molecule has 2 aromatic carbocycles. The summed E-state index contributed by atoms with van der Waals surface area (Å²) in [5.74, 6) is 1.31. The minimum atomic E-state index is -0.326. The Kier molecular flexibility index (Phi) is 5.54. The number of carbonyl (C=O) groups excluding carboxylic acids is 1. The van der Waals surface area contributed by atoms with Crippen molar-refractivity contribution in [2.45, 2.75) is 6.42 Å². The van der Waals surface area contributed by atoms with Crippen LogP contribution in [-0.4, -0.2) is 39.0 Å². The van der Waals surface area contributed by atoms with E-state index in [2.05, 4.69) is 0 Å². The fourth-order valence-electron chi connectivity index (χ4n) is 3.12. The predicted octanol–water partition coefficient (Wildman–Crippen LogP) is 3.22. The molecule has 0 aromatic heterocycles. The first-order valence-corrected chi connectivity index (χ1v) is 8.52. The van der Waals surface area contributed by atoms with Crippen LogP contribution >= 0.6 is 0 Å². The molecule has 1 saturated heterocycles. The summed E-state index contributed by atoms with van der Waals surface area (Å²) in [7, 11) is 4.66. The van der Waals surface area contributed by atoms with Crippen LogP contribution in [-0.2, 0) is 16.0 Å². The van der Waals surface area contributed by atoms with Gasteiger partial charge in [0, 0.05) is 11.5 Å². The third kappa shape index (κ3) is 4.00. The van der Waals surface area contributed by atoms with Gasteiger partial charge in [-0.3, -0.25) is 0 Å². The van der Waals surface area contributed by atoms with Gasteiger partial charge in [0.25, 0.3) is 0 Å². The zero-order valence-electron chi connectivity index (χ0n) is 15.5. The molecule has 1 unspecified atom stereocenters. The molecule has 0 spiro atoms. The van der Waals surface area contributed by atoms with Crippen molar-refractivity contribution in [3.63, 3.8) is 0 Å². The molecule has 1 heterocycles. The number of cyclic esters (lactones) is 1. The van der Waals surface area contributed by atoms with Crippen molar-refractivity contribution in [3.8, 4) is 23.0 Å². The van der Waals surface area contributed by atoms with E-state index in [0.29, 0.717) is 35.8 Å². The highest BCUT2D eigenvalue weighted by Gasteiger charge is 2.30. The summed E-state index contributed by atoms with van der Waals surface area (Å²) in [6, 6.07) is 10.6. The van der Waals surface area contributed by atoms with E-state index in [0.717, 1.165) is 11.1 Å². The van der Waals surface area contributed by atoms with Gasteiger partial charge in [-0.1, -0.05) is 12.1 Å². The molecule has 0 saturated carbocycles. The molecule has 1 aliphatic heterocycles. The number of phenolic OH excluding ortho intramolecular Hbond substituents is 1. The van der Waals surface area contributed by atoms with Gasteiger partial charge in [0.2, 0.25) is 0 Å². The number of hydrogen-bond acceptors (Lipinski definition) is 6. The number of methoxy groups -OCH3 is 3. The summed E-state index contributed by atoms with van der Waals surface area (Å²) in [6.45, 7) is 0.328. The van der Waals surface area contributed by atoms with E-state index < -0.39 is 0 Å². The molecule has 0 radical (unpaired) electrons. The van der Waals surface area contributed by atoms with Gasteiger partial charge in [0.15, 0.2) is 23.0 Å². The Morgan fingerprint density at radius 2 is 1.78 bits per heavy atom. The van der Waals surface area contributed by atoms with Crippen molar-refractivity contribution < 1.29 is 28.8 Å². The van der Waals surface area contributed by atoms with Crippen molar-refractivity contribution in [1.29, 1.82) is 0 Å². The number of esters is 1. The molecule has 1 N–H and O–H groups in total. The Bertz CT molecular complexity index is 871. The highest BCUT2D eigenvalue weighted by atomic mass is 16.5. The van der Waals surface area contributed by atoms with E-state index in [9.17, 15) is 9.90 Å². The van der Waals surface area contributed by atoms with Crippen molar-refractivity contribution in [2.24, 2.45) is 5.92 Å². The molecule has 27 heavy (non-hydrogen) atoms. The standard InChI is InChI=1S/C21H22O6/c1-24-18-7-5-13(11-20(18)26-3)8-15-12-27-21(23)16(15)9-14-4-6-17(22)19(10-14)25-2/h4-7,9-11,15,22H,8,12H2,1-3H3. The van der Waals surface area contributed by atoms with Gasteiger partial charge < -0.3 is 24.1 Å². The first kappa shape index (κ1) is 18.6. The van der Waals surface area contributed by atoms with Crippen molar-refractivity contribution >= 4 is 12.0 Å². The number of aromatic hydroxyl groups is 1. The molecular formula is C21H22O6. The van der Waals surface area contributed by atoms with E-state index in [1.807, 2.05) is 18.2 Å². The van der Waals surface area contributed by atoms with Gasteiger partial charge in [-0.15, -0.1) is 0 Å². The number of ether oxygens (including phenoxy) is 4. The number of phenols is 1. The summed E-state index contributed by atoms with van der Waals surface area (Å²) < 4.78 is 21.0. The first-order chi connectivity index (χ1) is 13.0. The van der Waals surface area contributed by atoms with Crippen LogP contribution in [0.1, 0.15) is 11.1 Å². The lowest BCUT2D eigenvalue weighted by Gasteiger charge is -2.12. The van der Waals surface area contributed by atoms with Crippen LogP contribution in [0.4, 0.5) is 0 Å². The fourth-order valence-corrected chi connectivity index (χ4v) is 3.12. The molecule has 2 aromatic rings. The maximum atomic E-state index is 12.2. The Morgan fingerprint density at radius 1 is 1.04 bits per heavy atom. The van der Waals surface area contributed by atoms with Crippen LogP contribution < -0.4 is 14.2 Å². The number of rotatable bonds is 6. The van der Waals surface area contributed by atoms with E-state index in [1.165, 1.54) is 13.2 Å². The van der Waals surface area contributed by atoms with Crippen molar-refractivity contribution in [3.05, 3.63) is 53.1 Å². The smallest absolute Gasteiger partial charge is 0.334 e. The average molecular weight is 370 g/mol. The van der Waals surface area contributed by atoms with E-state index >= 15 is 0 Å². The third-order valence-electron chi connectivity index (χ3n) is 4.55. The zero-order chi connectivity index (χ0) is 19.4. The van der Waals surface area contributed by atoms with Crippen LogP contribution in [0.3, 0.4) is 0 Å². The first-order valence-electron chi connectivity index (χ1n) is 8.52. The highest BCUT2D eigenvalue weighted by molar-refractivity contribution is 5.96. The van der Waals surface area contributed by atoms with Crippen LogP contribution in [0.2, 0.25) is 0 Å². The zero-order valence-corrected chi connectivity index (χ0v) is 15.5. The van der Waals surface area contributed by atoms with Gasteiger partial charge in [0.1, 0.15) is 0 Å². The Balaban J connectivity index is 1.86. The van der Waals surface area contributed by atoms with Crippen LogP contribution in [0.15, 0.2) is 42.0 Å². The molecule has 1 fully saturated rings. The number of benzene rings is 2. The van der Waals surface area contributed by atoms with E-state index in [4.69, 9.17) is 18.9 Å². The lowest BCUT2D eigenvalue weighted by atomic mass is 9.92. The molecule has 0 amide bonds. The number of hydrogen-bond donors (Lipinski definition) is 1.